The Labute approximate surface area is 109 Å². The van der Waals surface area contributed by atoms with Crippen molar-refractivity contribution in [1.29, 1.82) is 0 Å². The van der Waals surface area contributed by atoms with Crippen LogP contribution in [0.5, 0.6) is 0 Å². The number of nitrogens with two attached hydrogens (primary N) is 1. The molecule has 18 heavy (non-hydrogen) atoms. The highest BCUT2D eigenvalue weighted by atomic mass is 32.1. The lowest BCUT2D eigenvalue weighted by Crippen LogP contribution is -2.36. The quantitative estimate of drug-likeness (QED) is 0.698. The molecule has 0 radical (unpaired) electrons. The number of likely N-dealkylation sites (N-methyl/N-ethyl adjacent to an activating group) is 2. The van der Waals surface area contributed by atoms with Crippen LogP contribution in [0.4, 0.5) is 10.9 Å². The first-order chi connectivity index (χ1) is 8.49. The fourth-order valence-electron chi connectivity index (χ4n) is 1.25. The molecule has 0 aliphatic carbocycles. The highest BCUT2D eigenvalue weighted by Crippen LogP contribution is 2.25. The molecule has 1 heterocycles. The van der Waals surface area contributed by atoms with E-state index in [1.165, 1.54) is 23.3 Å². The number of nitrogen functional groups attached to an aromatic ring is 1. The van der Waals surface area contributed by atoms with Crippen molar-refractivity contribution in [2.75, 3.05) is 38.2 Å². The van der Waals surface area contributed by atoms with Crippen molar-refractivity contribution in [1.82, 2.24) is 15.2 Å². The largest absolute Gasteiger partial charge is 0.382 e. The average Bonchev–Trinajstić information content (AvgIpc) is 2.69. The second-order valence-corrected chi connectivity index (χ2v) is 4.60. The van der Waals surface area contributed by atoms with Crippen molar-refractivity contribution >= 4 is 34.1 Å². The minimum atomic E-state index is -0.308. The van der Waals surface area contributed by atoms with Gasteiger partial charge in [0.15, 0.2) is 5.13 Å². The van der Waals surface area contributed by atoms with Gasteiger partial charge in [-0.3, -0.25) is 9.59 Å². The van der Waals surface area contributed by atoms with E-state index in [2.05, 4.69) is 15.6 Å². The predicted molar refractivity (Wildman–Crippen MR) is 71.7 cm³/mol. The predicted octanol–water partition coefficient (Wildman–Crippen LogP) is -0.0249. The fraction of sp³-hybridized carbons (Fsp3) is 0.500. The summed E-state index contributed by atoms with van der Waals surface area (Å²) in [7, 11) is 3.06. The summed E-state index contributed by atoms with van der Waals surface area (Å²) in [4.78, 5) is 28.9. The molecule has 7 nitrogen and oxygen atoms in total. The molecule has 0 unspecified atom stereocenters. The molecule has 0 aliphatic rings. The fourth-order valence-corrected chi connectivity index (χ4v) is 2.20. The highest BCUT2D eigenvalue weighted by molar-refractivity contribution is 7.18. The van der Waals surface area contributed by atoms with E-state index in [0.717, 1.165) is 0 Å². The van der Waals surface area contributed by atoms with Gasteiger partial charge >= 0.3 is 0 Å². The number of amides is 2. The number of thiazole rings is 1. The molecule has 4 N–H and O–H groups in total. The monoisotopic (exact) mass is 271 g/mol. The Balaban J connectivity index is 2.79. The molecule has 0 spiro atoms. The van der Waals surface area contributed by atoms with E-state index in [1.54, 1.807) is 7.05 Å². The van der Waals surface area contributed by atoms with E-state index in [-0.39, 0.29) is 24.2 Å². The third-order valence-electron chi connectivity index (χ3n) is 2.18. The second kappa shape index (κ2) is 6.20. The molecule has 2 amide bonds. The Kier molecular flexibility index (Phi) is 4.90. The molecule has 0 fully saturated rings. The van der Waals surface area contributed by atoms with Crippen LogP contribution in [0, 0.1) is 0 Å². The topological polar surface area (TPSA) is 100 Å². The molecule has 0 atom stereocenters. The van der Waals surface area contributed by atoms with E-state index in [0.29, 0.717) is 16.6 Å². The molecule has 1 aromatic heterocycles. The maximum atomic E-state index is 12.0. The minimum Gasteiger partial charge on any atom is -0.382 e. The van der Waals surface area contributed by atoms with E-state index < -0.39 is 0 Å². The summed E-state index contributed by atoms with van der Waals surface area (Å²) in [6.45, 7) is 2.62. The number of carbonyl (C=O) groups is 2. The van der Waals surface area contributed by atoms with Crippen LogP contribution < -0.4 is 16.4 Å². The van der Waals surface area contributed by atoms with Crippen molar-refractivity contribution in [3.8, 4) is 0 Å². The first-order valence-electron chi connectivity index (χ1n) is 5.45. The van der Waals surface area contributed by atoms with Gasteiger partial charge in [0.1, 0.15) is 10.7 Å². The molecular formula is C10H17N5O2S. The first-order valence-corrected chi connectivity index (χ1v) is 6.27. The van der Waals surface area contributed by atoms with Gasteiger partial charge in [0.2, 0.25) is 5.91 Å². The number of carbonyl (C=O) groups excluding carboxylic acids is 2. The Bertz CT molecular complexity index is 445. The standard InChI is InChI=1S/C10H17N5O2S/c1-4-13-10-14-8(11)7(18-10)9(17)15(3)5-6(16)12-2/h4-5,11H2,1-3H3,(H,12,16)(H,13,14). The molecule has 0 saturated carbocycles. The van der Waals surface area contributed by atoms with E-state index in [1.807, 2.05) is 6.92 Å². The third-order valence-corrected chi connectivity index (χ3v) is 3.20. The third kappa shape index (κ3) is 3.33. The van der Waals surface area contributed by atoms with E-state index >= 15 is 0 Å². The van der Waals surface area contributed by atoms with Gasteiger partial charge in [-0.2, -0.15) is 0 Å². The summed E-state index contributed by atoms with van der Waals surface area (Å²) in [5.41, 5.74) is 5.68. The molecule has 8 heteroatoms. The maximum Gasteiger partial charge on any atom is 0.268 e. The number of hydrogen-bond acceptors (Lipinski definition) is 6. The van der Waals surface area contributed by atoms with Crippen molar-refractivity contribution < 1.29 is 9.59 Å². The smallest absolute Gasteiger partial charge is 0.268 e. The number of hydrogen-bond donors (Lipinski definition) is 3. The number of aromatic nitrogens is 1. The van der Waals surface area contributed by atoms with Crippen LogP contribution >= 0.6 is 11.3 Å². The van der Waals surface area contributed by atoms with Crippen LogP contribution in [-0.4, -0.2) is 48.9 Å². The molecule has 0 aliphatic heterocycles. The van der Waals surface area contributed by atoms with Gasteiger partial charge in [-0.05, 0) is 6.92 Å². The molecule has 1 aromatic rings. The Morgan fingerprint density at radius 1 is 1.50 bits per heavy atom. The molecule has 1 rings (SSSR count). The summed E-state index contributed by atoms with van der Waals surface area (Å²) >= 11 is 1.19. The van der Waals surface area contributed by atoms with Gasteiger partial charge in [0.25, 0.3) is 5.91 Å². The van der Waals surface area contributed by atoms with Gasteiger partial charge in [-0.1, -0.05) is 11.3 Å². The zero-order valence-electron chi connectivity index (χ0n) is 10.6. The summed E-state index contributed by atoms with van der Waals surface area (Å²) in [6, 6.07) is 0. The molecule has 100 valence electrons. The van der Waals surface area contributed by atoms with Crippen LogP contribution in [0.25, 0.3) is 0 Å². The van der Waals surface area contributed by atoms with Gasteiger partial charge in [-0.25, -0.2) is 4.98 Å². The molecular weight excluding hydrogens is 254 g/mol. The summed E-state index contributed by atoms with van der Waals surface area (Å²) in [5.74, 6) is -0.358. The zero-order chi connectivity index (χ0) is 13.7. The van der Waals surface area contributed by atoms with Gasteiger partial charge < -0.3 is 21.3 Å². The summed E-state index contributed by atoms with van der Waals surface area (Å²) in [5, 5.41) is 6.05. The summed E-state index contributed by atoms with van der Waals surface area (Å²) < 4.78 is 0. The SMILES string of the molecule is CCNc1nc(N)c(C(=O)N(C)CC(=O)NC)s1. The number of rotatable bonds is 5. The number of nitrogens with one attached hydrogen (secondary N) is 2. The Hall–Kier alpha value is -1.83. The molecule has 0 bridgehead atoms. The highest BCUT2D eigenvalue weighted by Gasteiger charge is 2.20. The lowest BCUT2D eigenvalue weighted by atomic mass is 10.4. The lowest BCUT2D eigenvalue weighted by Gasteiger charge is -2.14. The van der Waals surface area contributed by atoms with Crippen molar-refractivity contribution in [3.63, 3.8) is 0 Å². The van der Waals surface area contributed by atoms with Gasteiger partial charge in [-0.15, -0.1) is 0 Å². The maximum absolute atomic E-state index is 12.0. The zero-order valence-corrected chi connectivity index (χ0v) is 11.4. The van der Waals surface area contributed by atoms with Crippen LogP contribution in [-0.2, 0) is 4.79 Å². The Morgan fingerprint density at radius 2 is 2.17 bits per heavy atom. The van der Waals surface area contributed by atoms with Crippen LogP contribution in [0.15, 0.2) is 0 Å². The normalized spacial score (nSPS) is 9.94. The van der Waals surface area contributed by atoms with E-state index in [4.69, 9.17) is 5.73 Å². The van der Waals surface area contributed by atoms with Gasteiger partial charge in [0, 0.05) is 20.6 Å². The number of anilines is 2. The Morgan fingerprint density at radius 3 is 2.72 bits per heavy atom. The summed E-state index contributed by atoms with van der Waals surface area (Å²) in [6.07, 6.45) is 0. The van der Waals surface area contributed by atoms with E-state index in [9.17, 15) is 9.59 Å². The number of nitrogens with zero attached hydrogens (tertiary/aromatic N) is 2. The molecule has 0 saturated heterocycles. The van der Waals surface area contributed by atoms with Crippen LogP contribution in [0.2, 0.25) is 0 Å². The van der Waals surface area contributed by atoms with Crippen LogP contribution in [0.3, 0.4) is 0 Å². The van der Waals surface area contributed by atoms with Crippen molar-refractivity contribution in [3.05, 3.63) is 4.88 Å². The van der Waals surface area contributed by atoms with Crippen molar-refractivity contribution in [2.24, 2.45) is 0 Å². The first kappa shape index (κ1) is 14.2. The molecule has 0 aromatic carbocycles. The average molecular weight is 271 g/mol. The lowest BCUT2D eigenvalue weighted by molar-refractivity contribution is -0.121. The van der Waals surface area contributed by atoms with Crippen LogP contribution in [0.1, 0.15) is 16.6 Å². The minimum absolute atomic E-state index is 0.0107. The van der Waals surface area contributed by atoms with Crippen molar-refractivity contribution in [2.45, 2.75) is 6.92 Å². The van der Waals surface area contributed by atoms with Gasteiger partial charge in [0.05, 0.1) is 6.54 Å². The second-order valence-electron chi connectivity index (χ2n) is 3.60.